The molecule has 0 bridgehead atoms. The predicted molar refractivity (Wildman–Crippen MR) is 134 cm³/mol. The number of halogens is 1. The van der Waals surface area contributed by atoms with E-state index in [0.29, 0.717) is 18.6 Å². The van der Waals surface area contributed by atoms with Crippen molar-refractivity contribution in [2.24, 2.45) is 0 Å². The van der Waals surface area contributed by atoms with Crippen LogP contribution in [-0.4, -0.2) is 47.9 Å². The van der Waals surface area contributed by atoms with E-state index in [2.05, 4.69) is 4.90 Å². The minimum absolute atomic E-state index is 0.0184. The Labute approximate surface area is 198 Å². The molecule has 0 fully saturated rings. The van der Waals surface area contributed by atoms with Crippen LogP contribution in [0.5, 0.6) is 0 Å². The lowest BCUT2D eigenvalue weighted by molar-refractivity contribution is 0.0737. The zero-order valence-electron chi connectivity index (χ0n) is 19.4. The molecule has 0 unspecified atom stereocenters. The third kappa shape index (κ3) is 5.29. The highest BCUT2D eigenvalue weighted by molar-refractivity contribution is 7.13. The second-order valence-electron chi connectivity index (χ2n) is 8.59. The summed E-state index contributed by atoms with van der Waals surface area (Å²) in [5, 5.41) is 0.857. The SMILES string of the molecule is Cc1ccc(C(=O)N(CCN(C)C)Cc2cc3ccc(F)cc3nc2-c2ccccc2C)s1. The highest BCUT2D eigenvalue weighted by atomic mass is 32.1. The average molecular weight is 462 g/mol. The molecule has 170 valence electrons. The quantitative estimate of drug-likeness (QED) is 0.343. The van der Waals surface area contributed by atoms with Crippen molar-refractivity contribution >= 4 is 28.1 Å². The number of hydrogen-bond donors (Lipinski definition) is 0. The van der Waals surface area contributed by atoms with E-state index in [4.69, 9.17) is 4.98 Å². The molecular weight excluding hydrogens is 433 g/mol. The number of fused-ring (bicyclic) bond motifs is 1. The standard InChI is InChI=1S/C27H28FN3OS/c1-18-7-5-6-8-23(18)26-21(15-20-10-11-22(28)16-24(20)29-26)17-31(14-13-30(3)4)27(32)25-12-9-19(2)33-25/h5-12,15-16H,13-14,17H2,1-4H3. The summed E-state index contributed by atoms with van der Waals surface area (Å²) in [6.07, 6.45) is 0. The van der Waals surface area contributed by atoms with Crippen LogP contribution in [0.1, 0.15) is 25.7 Å². The molecule has 0 aliphatic carbocycles. The molecule has 4 nitrogen and oxygen atoms in total. The number of aromatic nitrogens is 1. The monoisotopic (exact) mass is 461 g/mol. The molecule has 4 rings (SSSR count). The molecule has 0 spiro atoms. The Kier molecular flexibility index (Phi) is 6.86. The first-order chi connectivity index (χ1) is 15.8. The number of carbonyl (C=O) groups excluding carboxylic acids is 1. The van der Waals surface area contributed by atoms with Crippen LogP contribution in [0.3, 0.4) is 0 Å². The zero-order valence-corrected chi connectivity index (χ0v) is 20.2. The smallest absolute Gasteiger partial charge is 0.264 e. The van der Waals surface area contributed by atoms with E-state index in [0.717, 1.165) is 44.1 Å². The van der Waals surface area contributed by atoms with E-state index in [1.54, 1.807) is 6.07 Å². The highest BCUT2D eigenvalue weighted by Crippen LogP contribution is 2.30. The molecule has 0 radical (unpaired) electrons. The van der Waals surface area contributed by atoms with Crippen LogP contribution >= 0.6 is 11.3 Å². The number of carbonyl (C=O) groups is 1. The Balaban J connectivity index is 1.81. The first-order valence-electron chi connectivity index (χ1n) is 11.0. The summed E-state index contributed by atoms with van der Waals surface area (Å²) in [5.74, 6) is -0.292. The summed E-state index contributed by atoms with van der Waals surface area (Å²) in [6, 6.07) is 18.6. The van der Waals surface area contributed by atoms with Crippen LogP contribution < -0.4 is 0 Å². The van der Waals surface area contributed by atoms with Gasteiger partial charge in [0.1, 0.15) is 5.82 Å². The van der Waals surface area contributed by atoms with E-state index < -0.39 is 0 Å². The van der Waals surface area contributed by atoms with E-state index in [1.807, 2.05) is 75.3 Å². The van der Waals surface area contributed by atoms with Gasteiger partial charge in [0.25, 0.3) is 5.91 Å². The second kappa shape index (κ2) is 9.81. The van der Waals surface area contributed by atoms with Crippen molar-refractivity contribution in [1.82, 2.24) is 14.8 Å². The molecule has 2 aromatic carbocycles. The summed E-state index contributed by atoms with van der Waals surface area (Å²) in [6.45, 7) is 5.82. The second-order valence-corrected chi connectivity index (χ2v) is 9.88. The van der Waals surface area contributed by atoms with Gasteiger partial charge in [-0.05, 0) is 69.4 Å². The Morgan fingerprint density at radius 3 is 2.48 bits per heavy atom. The van der Waals surface area contributed by atoms with Crippen molar-refractivity contribution in [3.8, 4) is 11.3 Å². The number of thiophene rings is 1. The fraction of sp³-hybridized carbons (Fsp3) is 0.259. The Morgan fingerprint density at radius 2 is 1.79 bits per heavy atom. The maximum Gasteiger partial charge on any atom is 0.264 e. The minimum atomic E-state index is -0.311. The van der Waals surface area contributed by atoms with Crippen LogP contribution in [0.4, 0.5) is 4.39 Å². The minimum Gasteiger partial charge on any atom is -0.332 e. The fourth-order valence-electron chi connectivity index (χ4n) is 3.86. The number of benzene rings is 2. The number of pyridine rings is 1. The third-order valence-corrected chi connectivity index (χ3v) is 6.66. The van der Waals surface area contributed by atoms with Gasteiger partial charge in [0.2, 0.25) is 0 Å². The first kappa shape index (κ1) is 23.1. The van der Waals surface area contributed by atoms with Crippen molar-refractivity contribution in [3.05, 3.63) is 87.4 Å². The van der Waals surface area contributed by atoms with Gasteiger partial charge in [-0.15, -0.1) is 11.3 Å². The Hall–Kier alpha value is -3.09. The number of nitrogens with zero attached hydrogens (tertiary/aromatic N) is 3. The van der Waals surface area contributed by atoms with Gasteiger partial charge in [-0.1, -0.05) is 24.3 Å². The fourth-order valence-corrected chi connectivity index (χ4v) is 4.70. The molecule has 0 aliphatic heterocycles. The molecular formula is C27H28FN3OS. The molecule has 1 amide bonds. The van der Waals surface area contributed by atoms with E-state index in [9.17, 15) is 9.18 Å². The van der Waals surface area contributed by atoms with Gasteiger partial charge in [-0.25, -0.2) is 9.37 Å². The molecule has 0 atom stereocenters. The van der Waals surface area contributed by atoms with Gasteiger partial charge in [0.05, 0.1) is 16.1 Å². The van der Waals surface area contributed by atoms with Crippen LogP contribution in [0.2, 0.25) is 0 Å². The first-order valence-corrected chi connectivity index (χ1v) is 11.8. The third-order valence-electron chi connectivity index (χ3n) is 5.68. The number of likely N-dealkylation sites (N-methyl/N-ethyl adjacent to an activating group) is 1. The lowest BCUT2D eigenvalue weighted by atomic mass is 9.99. The van der Waals surface area contributed by atoms with Crippen molar-refractivity contribution in [1.29, 1.82) is 0 Å². The summed E-state index contributed by atoms with van der Waals surface area (Å²) in [5.41, 5.74) is 4.42. The van der Waals surface area contributed by atoms with Gasteiger partial charge >= 0.3 is 0 Å². The number of amides is 1. The molecule has 0 saturated carbocycles. The van der Waals surface area contributed by atoms with Crippen LogP contribution in [0, 0.1) is 19.7 Å². The van der Waals surface area contributed by atoms with Gasteiger partial charge < -0.3 is 9.80 Å². The van der Waals surface area contributed by atoms with Gasteiger partial charge in [-0.3, -0.25) is 4.79 Å². The van der Waals surface area contributed by atoms with Crippen molar-refractivity contribution in [2.45, 2.75) is 20.4 Å². The van der Waals surface area contributed by atoms with Crippen molar-refractivity contribution < 1.29 is 9.18 Å². The van der Waals surface area contributed by atoms with Gasteiger partial charge in [0.15, 0.2) is 0 Å². The summed E-state index contributed by atoms with van der Waals surface area (Å²) >= 11 is 1.51. The van der Waals surface area contributed by atoms with Crippen molar-refractivity contribution in [2.75, 3.05) is 27.2 Å². The molecule has 6 heteroatoms. The number of rotatable bonds is 7. The van der Waals surface area contributed by atoms with Crippen LogP contribution in [0.25, 0.3) is 22.2 Å². The van der Waals surface area contributed by atoms with E-state index in [1.165, 1.54) is 23.5 Å². The molecule has 4 aromatic rings. The molecule has 33 heavy (non-hydrogen) atoms. The Morgan fingerprint density at radius 1 is 1.00 bits per heavy atom. The van der Waals surface area contributed by atoms with Gasteiger partial charge in [0, 0.05) is 41.5 Å². The molecule has 0 aliphatic rings. The largest absolute Gasteiger partial charge is 0.332 e. The lowest BCUT2D eigenvalue weighted by Gasteiger charge is -2.25. The maximum absolute atomic E-state index is 13.9. The molecule has 0 N–H and O–H groups in total. The predicted octanol–water partition coefficient (Wildman–Crippen LogP) is 5.92. The topological polar surface area (TPSA) is 36.4 Å². The number of hydrogen-bond acceptors (Lipinski definition) is 4. The van der Waals surface area contributed by atoms with Crippen LogP contribution in [0.15, 0.2) is 60.7 Å². The van der Waals surface area contributed by atoms with Crippen molar-refractivity contribution in [3.63, 3.8) is 0 Å². The van der Waals surface area contributed by atoms with Crippen LogP contribution in [-0.2, 0) is 6.54 Å². The average Bonchev–Trinajstić information content (AvgIpc) is 3.22. The number of aryl methyl sites for hydroxylation is 2. The lowest BCUT2D eigenvalue weighted by Crippen LogP contribution is -2.36. The normalized spacial score (nSPS) is 11.3. The highest BCUT2D eigenvalue weighted by Gasteiger charge is 2.21. The maximum atomic E-state index is 13.9. The summed E-state index contributed by atoms with van der Waals surface area (Å²) < 4.78 is 13.9. The summed E-state index contributed by atoms with van der Waals surface area (Å²) in [4.78, 5) is 24.1. The molecule has 2 aromatic heterocycles. The van der Waals surface area contributed by atoms with Gasteiger partial charge in [-0.2, -0.15) is 0 Å². The van der Waals surface area contributed by atoms with E-state index >= 15 is 0 Å². The summed E-state index contributed by atoms with van der Waals surface area (Å²) in [7, 11) is 4.01. The zero-order chi connectivity index (χ0) is 23.5. The Bertz CT molecular complexity index is 1300. The van der Waals surface area contributed by atoms with E-state index in [-0.39, 0.29) is 11.7 Å². The molecule has 2 heterocycles. The molecule has 0 saturated heterocycles.